The lowest BCUT2D eigenvalue weighted by atomic mass is 10.2. The molecule has 0 aliphatic heterocycles. The molecule has 0 radical (unpaired) electrons. The van der Waals surface area contributed by atoms with E-state index >= 15 is 0 Å². The Morgan fingerprint density at radius 1 is 1.31 bits per heavy atom. The number of halogens is 2. The maximum atomic E-state index is 13.7. The number of amides is 1. The molecule has 8 heteroatoms. The minimum absolute atomic E-state index is 0.147. The summed E-state index contributed by atoms with van der Waals surface area (Å²) in [7, 11) is 0. The lowest BCUT2D eigenvalue weighted by Crippen LogP contribution is -2.13. The monoisotopic (exact) mass is 407 g/mol. The molecule has 0 fully saturated rings. The standard InChI is InChI=1S/C18H15ClFN3OS2/c1-10-5-4-7-12(19)14(10)22-17(24)15-16(21)23-18(26-15)25-9-11-6-2-3-8-13(11)20/h2-8H,9,21H2,1H3,(H,22,24). The summed E-state index contributed by atoms with van der Waals surface area (Å²) in [6.07, 6.45) is 0. The fourth-order valence-electron chi connectivity index (χ4n) is 2.25. The number of benzene rings is 2. The van der Waals surface area contributed by atoms with Crippen molar-refractivity contribution in [3.05, 3.63) is 69.3 Å². The number of nitrogens with one attached hydrogen (secondary N) is 1. The van der Waals surface area contributed by atoms with Crippen LogP contribution in [0.15, 0.2) is 46.8 Å². The normalized spacial score (nSPS) is 10.7. The number of hydrogen-bond donors (Lipinski definition) is 2. The Morgan fingerprint density at radius 3 is 2.81 bits per heavy atom. The van der Waals surface area contributed by atoms with Gasteiger partial charge >= 0.3 is 0 Å². The largest absolute Gasteiger partial charge is 0.382 e. The lowest BCUT2D eigenvalue weighted by Gasteiger charge is -2.09. The number of aryl methyl sites for hydroxylation is 1. The van der Waals surface area contributed by atoms with Crippen LogP contribution in [-0.2, 0) is 5.75 Å². The molecule has 3 aromatic rings. The van der Waals surface area contributed by atoms with Gasteiger partial charge in [0.05, 0.1) is 10.7 Å². The number of nitrogens with zero attached hydrogens (tertiary/aromatic N) is 1. The van der Waals surface area contributed by atoms with Gasteiger partial charge in [-0.15, -0.1) is 11.3 Å². The maximum absolute atomic E-state index is 13.7. The minimum Gasteiger partial charge on any atom is -0.382 e. The van der Waals surface area contributed by atoms with Crippen LogP contribution in [0.25, 0.3) is 0 Å². The predicted octanol–water partition coefficient (Wildman–Crippen LogP) is 5.37. The zero-order valence-corrected chi connectivity index (χ0v) is 16.1. The summed E-state index contributed by atoms with van der Waals surface area (Å²) < 4.78 is 14.3. The highest BCUT2D eigenvalue weighted by Gasteiger charge is 2.18. The van der Waals surface area contributed by atoms with Gasteiger partial charge in [0, 0.05) is 5.75 Å². The highest BCUT2D eigenvalue weighted by molar-refractivity contribution is 8.00. The number of thioether (sulfide) groups is 1. The molecule has 3 rings (SSSR count). The molecule has 134 valence electrons. The van der Waals surface area contributed by atoms with Crippen molar-refractivity contribution in [1.82, 2.24) is 4.98 Å². The molecule has 0 saturated heterocycles. The molecule has 2 aromatic carbocycles. The van der Waals surface area contributed by atoms with E-state index in [1.54, 1.807) is 24.3 Å². The fourth-order valence-corrected chi connectivity index (χ4v) is 4.47. The fraction of sp³-hybridized carbons (Fsp3) is 0.111. The average molecular weight is 408 g/mol. The van der Waals surface area contributed by atoms with Gasteiger partial charge in [-0.05, 0) is 30.2 Å². The number of nitrogen functional groups attached to an aromatic ring is 1. The van der Waals surface area contributed by atoms with Crippen molar-refractivity contribution in [2.24, 2.45) is 0 Å². The summed E-state index contributed by atoms with van der Waals surface area (Å²) in [6, 6.07) is 11.9. The Hall–Kier alpha value is -2.09. The van der Waals surface area contributed by atoms with Crippen molar-refractivity contribution >= 4 is 52.1 Å². The minimum atomic E-state index is -0.367. The van der Waals surface area contributed by atoms with Gasteiger partial charge in [0.1, 0.15) is 16.5 Å². The molecule has 0 spiro atoms. The third-order valence-corrected chi connectivity index (χ3v) is 6.19. The van der Waals surface area contributed by atoms with Crippen molar-refractivity contribution < 1.29 is 9.18 Å². The van der Waals surface area contributed by atoms with E-state index in [0.29, 0.717) is 31.2 Å². The highest BCUT2D eigenvalue weighted by atomic mass is 35.5. The molecule has 4 nitrogen and oxygen atoms in total. The zero-order valence-electron chi connectivity index (χ0n) is 13.8. The van der Waals surface area contributed by atoms with Gasteiger partial charge in [-0.1, -0.05) is 53.7 Å². The van der Waals surface area contributed by atoms with Crippen LogP contribution < -0.4 is 11.1 Å². The van der Waals surface area contributed by atoms with Gasteiger partial charge in [0.25, 0.3) is 5.91 Å². The number of thiazole rings is 1. The second kappa shape index (κ2) is 8.07. The number of nitrogens with two attached hydrogens (primary N) is 1. The Kier molecular flexibility index (Phi) is 5.80. The van der Waals surface area contributed by atoms with Crippen LogP contribution >= 0.6 is 34.7 Å². The average Bonchev–Trinajstić information content (AvgIpc) is 2.98. The third-order valence-electron chi connectivity index (χ3n) is 3.61. The maximum Gasteiger partial charge on any atom is 0.269 e. The molecule has 0 aliphatic rings. The number of para-hydroxylation sites is 1. The molecule has 0 atom stereocenters. The van der Waals surface area contributed by atoms with E-state index < -0.39 is 0 Å². The van der Waals surface area contributed by atoms with E-state index in [2.05, 4.69) is 10.3 Å². The van der Waals surface area contributed by atoms with E-state index in [-0.39, 0.29) is 17.5 Å². The molecule has 1 amide bonds. The van der Waals surface area contributed by atoms with Crippen LogP contribution in [0, 0.1) is 12.7 Å². The van der Waals surface area contributed by atoms with Crippen LogP contribution in [0.2, 0.25) is 5.02 Å². The van der Waals surface area contributed by atoms with E-state index in [4.69, 9.17) is 17.3 Å². The number of carbonyl (C=O) groups is 1. The van der Waals surface area contributed by atoms with E-state index in [1.807, 2.05) is 19.1 Å². The van der Waals surface area contributed by atoms with Crippen molar-refractivity contribution in [2.75, 3.05) is 11.1 Å². The van der Waals surface area contributed by atoms with E-state index in [0.717, 1.165) is 5.56 Å². The summed E-state index contributed by atoms with van der Waals surface area (Å²) >= 11 is 8.65. The zero-order chi connectivity index (χ0) is 18.7. The number of carbonyl (C=O) groups excluding carboxylic acids is 1. The van der Waals surface area contributed by atoms with Crippen LogP contribution in [0.3, 0.4) is 0 Å². The van der Waals surface area contributed by atoms with Crippen LogP contribution in [0.1, 0.15) is 20.8 Å². The van der Waals surface area contributed by atoms with Crippen molar-refractivity contribution in [2.45, 2.75) is 17.0 Å². The molecular weight excluding hydrogens is 393 g/mol. The molecule has 0 bridgehead atoms. The third kappa shape index (κ3) is 4.17. The summed E-state index contributed by atoms with van der Waals surface area (Å²) in [5.41, 5.74) is 7.86. The topological polar surface area (TPSA) is 68.0 Å². The summed E-state index contributed by atoms with van der Waals surface area (Å²) in [5, 5.41) is 3.24. The first kappa shape index (κ1) is 18.7. The Balaban J connectivity index is 1.73. The summed E-state index contributed by atoms with van der Waals surface area (Å²) in [4.78, 5) is 17.0. The molecule has 0 saturated carbocycles. The SMILES string of the molecule is Cc1cccc(Cl)c1NC(=O)c1sc(SCc2ccccc2F)nc1N. The van der Waals surface area contributed by atoms with Gasteiger partial charge in [-0.2, -0.15) is 0 Å². The van der Waals surface area contributed by atoms with Crippen molar-refractivity contribution in [1.29, 1.82) is 0 Å². The second-order valence-corrected chi connectivity index (χ2v) is 8.09. The lowest BCUT2D eigenvalue weighted by molar-refractivity contribution is 0.103. The Morgan fingerprint density at radius 2 is 2.08 bits per heavy atom. The van der Waals surface area contributed by atoms with E-state index in [1.165, 1.54) is 29.2 Å². The summed E-state index contributed by atoms with van der Waals surface area (Å²) in [5.74, 6) is -0.0801. The molecule has 0 aliphatic carbocycles. The molecule has 0 unspecified atom stereocenters. The summed E-state index contributed by atoms with van der Waals surface area (Å²) in [6.45, 7) is 1.85. The number of rotatable bonds is 5. The van der Waals surface area contributed by atoms with Crippen LogP contribution in [0.4, 0.5) is 15.9 Å². The number of hydrogen-bond acceptors (Lipinski definition) is 5. The van der Waals surface area contributed by atoms with Gasteiger partial charge in [0.2, 0.25) is 0 Å². The van der Waals surface area contributed by atoms with Crippen molar-refractivity contribution in [3.63, 3.8) is 0 Å². The van der Waals surface area contributed by atoms with Crippen LogP contribution in [-0.4, -0.2) is 10.9 Å². The number of aromatic nitrogens is 1. The van der Waals surface area contributed by atoms with Gasteiger partial charge in [-0.25, -0.2) is 9.37 Å². The Bertz CT molecular complexity index is 941. The first-order chi connectivity index (χ1) is 12.5. The smallest absolute Gasteiger partial charge is 0.269 e. The molecule has 1 heterocycles. The van der Waals surface area contributed by atoms with Gasteiger partial charge in [0.15, 0.2) is 4.34 Å². The van der Waals surface area contributed by atoms with Crippen molar-refractivity contribution in [3.8, 4) is 0 Å². The molecular formula is C18H15ClFN3OS2. The molecule has 1 aromatic heterocycles. The second-order valence-electron chi connectivity index (χ2n) is 5.46. The first-order valence-electron chi connectivity index (χ1n) is 7.64. The number of anilines is 2. The first-order valence-corrected chi connectivity index (χ1v) is 9.82. The van der Waals surface area contributed by atoms with Gasteiger partial charge < -0.3 is 11.1 Å². The highest BCUT2D eigenvalue weighted by Crippen LogP contribution is 2.33. The molecule has 26 heavy (non-hydrogen) atoms. The van der Waals surface area contributed by atoms with Crippen LogP contribution in [0.5, 0.6) is 0 Å². The predicted molar refractivity (Wildman–Crippen MR) is 107 cm³/mol. The quantitative estimate of drug-likeness (QED) is 0.558. The van der Waals surface area contributed by atoms with E-state index in [9.17, 15) is 9.18 Å². The Labute approximate surface area is 163 Å². The molecule has 3 N–H and O–H groups in total. The van der Waals surface area contributed by atoms with Gasteiger partial charge in [-0.3, -0.25) is 4.79 Å².